The van der Waals surface area contributed by atoms with E-state index in [1.165, 1.54) is 0 Å². The zero-order chi connectivity index (χ0) is 22.2. The quantitative estimate of drug-likeness (QED) is 0.724. The first-order chi connectivity index (χ1) is 14.8. The third kappa shape index (κ3) is 4.14. The molecule has 2 aliphatic heterocycles. The van der Waals surface area contributed by atoms with Gasteiger partial charge >= 0.3 is 6.61 Å². The molecule has 2 fully saturated rings. The number of aromatic nitrogens is 1. The van der Waals surface area contributed by atoms with Gasteiger partial charge in [-0.25, -0.2) is 4.98 Å². The van der Waals surface area contributed by atoms with Gasteiger partial charge in [0, 0.05) is 18.8 Å². The first kappa shape index (κ1) is 21.6. The van der Waals surface area contributed by atoms with E-state index < -0.39 is 12.0 Å². The highest BCUT2D eigenvalue weighted by atomic mass is 19.3. The van der Waals surface area contributed by atoms with Crippen LogP contribution in [-0.2, 0) is 14.9 Å². The summed E-state index contributed by atoms with van der Waals surface area (Å²) in [7, 11) is 0. The van der Waals surface area contributed by atoms with E-state index in [0.717, 1.165) is 11.1 Å². The number of hydrogen-bond donors (Lipinski definition) is 1. The lowest BCUT2D eigenvalue weighted by molar-refractivity contribution is -0.141. The van der Waals surface area contributed by atoms with Gasteiger partial charge in [0.1, 0.15) is 5.69 Å². The summed E-state index contributed by atoms with van der Waals surface area (Å²) in [5.41, 5.74) is 1.95. The molecule has 31 heavy (non-hydrogen) atoms. The van der Waals surface area contributed by atoms with Crippen molar-refractivity contribution in [3.8, 4) is 5.88 Å². The van der Waals surface area contributed by atoms with E-state index in [0.29, 0.717) is 38.0 Å². The Morgan fingerprint density at radius 2 is 1.94 bits per heavy atom. The number of nitrogens with one attached hydrogen (secondary N) is 1. The molecule has 2 saturated heterocycles. The van der Waals surface area contributed by atoms with Crippen molar-refractivity contribution in [2.45, 2.75) is 44.8 Å². The third-order valence-electron chi connectivity index (χ3n) is 6.06. The van der Waals surface area contributed by atoms with E-state index in [4.69, 9.17) is 4.74 Å². The summed E-state index contributed by atoms with van der Waals surface area (Å²) in [6.07, 6.45) is 0. The molecular formula is C23H27F2N3O3. The summed E-state index contributed by atoms with van der Waals surface area (Å²) in [6.45, 7) is 5.25. The highest BCUT2D eigenvalue weighted by Crippen LogP contribution is 2.42. The molecular weight excluding hydrogens is 404 g/mol. The number of likely N-dealkylation sites (tertiary alicyclic amines) is 1. The van der Waals surface area contributed by atoms with Crippen LogP contribution in [0.25, 0.3) is 0 Å². The average molecular weight is 431 g/mol. The zero-order valence-electron chi connectivity index (χ0n) is 17.9. The van der Waals surface area contributed by atoms with Crippen LogP contribution < -0.4 is 10.1 Å². The van der Waals surface area contributed by atoms with Crippen LogP contribution in [0.2, 0.25) is 0 Å². The van der Waals surface area contributed by atoms with E-state index in [1.54, 1.807) is 19.1 Å². The van der Waals surface area contributed by atoms with Crippen molar-refractivity contribution in [1.29, 1.82) is 0 Å². The molecule has 0 radical (unpaired) electrons. The van der Waals surface area contributed by atoms with Gasteiger partial charge in [0.2, 0.25) is 11.8 Å². The molecule has 0 unspecified atom stereocenters. The molecule has 2 aromatic rings. The summed E-state index contributed by atoms with van der Waals surface area (Å²) in [5.74, 6) is -0.290. The van der Waals surface area contributed by atoms with E-state index in [2.05, 4.69) is 33.8 Å². The molecule has 8 heteroatoms. The number of amides is 1. The molecule has 3 heterocycles. The van der Waals surface area contributed by atoms with Gasteiger partial charge in [-0.2, -0.15) is 8.78 Å². The summed E-state index contributed by atoms with van der Waals surface area (Å²) in [6, 6.07) is 11.5. The van der Waals surface area contributed by atoms with Crippen LogP contribution in [0.4, 0.5) is 14.5 Å². The number of pyridine rings is 1. The minimum absolute atomic E-state index is 0.141. The van der Waals surface area contributed by atoms with E-state index in [1.807, 2.05) is 24.3 Å². The second-order valence-electron chi connectivity index (χ2n) is 8.56. The molecule has 0 saturated carbocycles. The van der Waals surface area contributed by atoms with E-state index in [9.17, 15) is 13.6 Å². The standard InChI is InChI=1S/C23H27F2N3O3/c1-14(2)17-6-4-5-7-18(17)23(12-28(13-23)16-10-30-11-16)21(29)27-19-9-8-15(3)26-20(19)31-22(24)25/h4-9,14,16,22H,10-13H2,1-3H3,(H,27,29). The Bertz CT molecular complexity index is 957. The number of carbonyl (C=O) groups is 1. The average Bonchev–Trinajstić information content (AvgIpc) is 2.64. The second-order valence-corrected chi connectivity index (χ2v) is 8.56. The van der Waals surface area contributed by atoms with Crippen molar-refractivity contribution < 1.29 is 23.0 Å². The van der Waals surface area contributed by atoms with Crippen molar-refractivity contribution in [3.63, 3.8) is 0 Å². The number of nitrogens with zero attached hydrogens (tertiary/aromatic N) is 2. The molecule has 0 spiro atoms. The molecule has 0 aliphatic carbocycles. The van der Waals surface area contributed by atoms with Crippen molar-refractivity contribution in [2.24, 2.45) is 0 Å². The predicted octanol–water partition coefficient (Wildman–Crippen LogP) is 3.71. The van der Waals surface area contributed by atoms with Gasteiger partial charge < -0.3 is 14.8 Å². The smallest absolute Gasteiger partial charge is 0.388 e. The number of alkyl halides is 2. The lowest BCUT2D eigenvalue weighted by atomic mass is 9.69. The maximum atomic E-state index is 13.6. The molecule has 2 aliphatic rings. The minimum Gasteiger partial charge on any atom is -0.415 e. The van der Waals surface area contributed by atoms with Crippen molar-refractivity contribution >= 4 is 11.6 Å². The molecule has 4 rings (SSSR count). The first-order valence-corrected chi connectivity index (χ1v) is 10.5. The van der Waals surface area contributed by atoms with Crippen LogP contribution in [0.5, 0.6) is 5.88 Å². The number of benzene rings is 1. The van der Waals surface area contributed by atoms with Crippen LogP contribution >= 0.6 is 0 Å². The number of ether oxygens (including phenoxy) is 2. The van der Waals surface area contributed by atoms with Crippen LogP contribution in [0.3, 0.4) is 0 Å². The Balaban J connectivity index is 1.67. The number of anilines is 1. The van der Waals surface area contributed by atoms with Crippen LogP contribution in [-0.4, -0.2) is 54.7 Å². The van der Waals surface area contributed by atoms with E-state index in [-0.39, 0.29) is 23.4 Å². The zero-order valence-corrected chi connectivity index (χ0v) is 17.9. The van der Waals surface area contributed by atoms with Gasteiger partial charge in [-0.15, -0.1) is 0 Å². The molecule has 1 aromatic heterocycles. The molecule has 166 valence electrons. The number of rotatable bonds is 7. The van der Waals surface area contributed by atoms with Crippen molar-refractivity contribution in [3.05, 3.63) is 53.2 Å². The Morgan fingerprint density at radius 1 is 1.23 bits per heavy atom. The van der Waals surface area contributed by atoms with Crippen molar-refractivity contribution in [1.82, 2.24) is 9.88 Å². The fourth-order valence-electron chi connectivity index (χ4n) is 4.26. The predicted molar refractivity (Wildman–Crippen MR) is 113 cm³/mol. The highest BCUT2D eigenvalue weighted by Gasteiger charge is 2.54. The maximum Gasteiger partial charge on any atom is 0.388 e. The summed E-state index contributed by atoms with van der Waals surface area (Å²) in [5, 5.41) is 2.83. The summed E-state index contributed by atoms with van der Waals surface area (Å²) in [4.78, 5) is 19.9. The fourth-order valence-corrected chi connectivity index (χ4v) is 4.26. The SMILES string of the molecule is Cc1ccc(NC(=O)C2(c3ccccc3C(C)C)CN(C3COC3)C2)c(OC(F)F)n1. The number of carbonyl (C=O) groups excluding carboxylic acids is 1. The molecule has 1 N–H and O–H groups in total. The third-order valence-corrected chi connectivity index (χ3v) is 6.06. The fraction of sp³-hybridized carbons (Fsp3) is 0.478. The molecule has 0 bridgehead atoms. The Hall–Kier alpha value is -2.58. The number of halogens is 2. The van der Waals surface area contributed by atoms with Crippen LogP contribution in [0.1, 0.15) is 36.6 Å². The second kappa shape index (κ2) is 8.51. The first-order valence-electron chi connectivity index (χ1n) is 10.5. The molecule has 1 amide bonds. The lowest BCUT2D eigenvalue weighted by Gasteiger charge is -2.54. The largest absolute Gasteiger partial charge is 0.415 e. The van der Waals surface area contributed by atoms with Gasteiger partial charge in [-0.05, 0) is 36.1 Å². The molecule has 6 nitrogen and oxygen atoms in total. The van der Waals surface area contributed by atoms with Crippen LogP contribution in [0.15, 0.2) is 36.4 Å². The van der Waals surface area contributed by atoms with Crippen LogP contribution in [0, 0.1) is 6.92 Å². The van der Waals surface area contributed by atoms with Gasteiger partial charge in [0.05, 0.1) is 24.7 Å². The van der Waals surface area contributed by atoms with Gasteiger partial charge in [0.25, 0.3) is 0 Å². The minimum atomic E-state index is -3.03. The summed E-state index contributed by atoms with van der Waals surface area (Å²) < 4.78 is 35.6. The lowest BCUT2D eigenvalue weighted by Crippen LogP contribution is -2.70. The Kier molecular flexibility index (Phi) is 5.94. The Morgan fingerprint density at radius 3 is 2.55 bits per heavy atom. The van der Waals surface area contributed by atoms with Gasteiger partial charge in [-0.3, -0.25) is 9.69 Å². The summed E-state index contributed by atoms with van der Waals surface area (Å²) >= 11 is 0. The molecule has 1 aromatic carbocycles. The van der Waals surface area contributed by atoms with Crippen molar-refractivity contribution in [2.75, 3.05) is 31.6 Å². The Labute approximate surface area is 180 Å². The van der Waals surface area contributed by atoms with Gasteiger partial charge in [0.15, 0.2) is 0 Å². The topological polar surface area (TPSA) is 63.7 Å². The number of aryl methyl sites for hydroxylation is 1. The highest BCUT2D eigenvalue weighted by molar-refractivity contribution is 6.01. The normalized spacial score (nSPS) is 18.5. The number of hydrogen-bond acceptors (Lipinski definition) is 5. The van der Waals surface area contributed by atoms with E-state index >= 15 is 0 Å². The maximum absolute atomic E-state index is 13.6. The van der Waals surface area contributed by atoms with Gasteiger partial charge in [-0.1, -0.05) is 38.1 Å². The molecule has 0 atom stereocenters. The monoisotopic (exact) mass is 431 g/mol.